The number of anilines is 1. The van der Waals surface area contributed by atoms with E-state index in [1.807, 2.05) is 36.4 Å². The zero-order valence-corrected chi connectivity index (χ0v) is 12.9. The number of amides is 1. The predicted octanol–water partition coefficient (Wildman–Crippen LogP) is 3.74. The molecule has 1 amide bonds. The molecule has 2 N–H and O–H groups in total. The molecule has 0 radical (unpaired) electrons. The normalized spacial score (nSPS) is 11.9. The van der Waals surface area contributed by atoms with Crippen LogP contribution in [0.1, 0.15) is 17.4 Å². The molecule has 3 rings (SSSR count). The maximum atomic E-state index is 13.2. The summed E-state index contributed by atoms with van der Waals surface area (Å²) in [4.78, 5) is 12.1. The molecule has 1 atom stereocenters. The Balaban J connectivity index is 1.67. The van der Waals surface area contributed by atoms with Crippen molar-refractivity contribution in [1.29, 1.82) is 0 Å². The Kier molecular flexibility index (Phi) is 5.03. The van der Waals surface area contributed by atoms with Crippen LogP contribution < -0.4 is 10.6 Å². The highest BCUT2D eigenvalue weighted by molar-refractivity contribution is 5.92. The highest BCUT2D eigenvalue weighted by Crippen LogP contribution is 2.22. The summed E-state index contributed by atoms with van der Waals surface area (Å²) in [7, 11) is 0. The van der Waals surface area contributed by atoms with Crippen molar-refractivity contribution in [3.05, 3.63) is 90.1 Å². The highest BCUT2D eigenvalue weighted by atomic mass is 19.1. The van der Waals surface area contributed by atoms with Gasteiger partial charge < -0.3 is 9.73 Å². The number of carbonyl (C=O) groups is 1. The van der Waals surface area contributed by atoms with Crippen LogP contribution in [0.15, 0.2) is 77.4 Å². The molecule has 0 aliphatic heterocycles. The van der Waals surface area contributed by atoms with Crippen LogP contribution >= 0.6 is 0 Å². The lowest BCUT2D eigenvalue weighted by molar-refractivity contribution is -0.115. The largest absolute Gasteiger partial charge is 0.467 e. The molecular formula is C19H17FN2O2. The zero-order chi connectivity index (χ0) is 16.8. The van der Waals surface area contributed by atoms with Gasteiger partial charge in [0.15, 0.2) is 0 Å². The molecule has 122 valence electrons. The molecule has 4 nitrogen and oxygen atoms in total. The van der Waals surface area contributed by atoms with Crippen LogP contribution in [-0.2, 0) is 4.79 Å². The third-order valence-corrected chi connectivity index (χ3v) is 3.54. The maximum Gasteiger partial charge on any atom is 0.238 e. The number of benzene rings is 2. The van der Waals surface area contributed by atoms with E-state index < -0.39 is 5.82 Å². The van der Waals surface area contributed by atoms with E-state index in [0.29, 0.717) is 5.69 Å². The first-order chi connectivity index (χ1) is 11.7. The minimum atomic E-state index is -0.390. The van der Waals surface area contributed by atoms with Gasteiger partial charge in [0, 0.05) is 5.69 Å². The average Bonchev–Trinajstić information content (AvgIpc) is 3.10. The van der Waals surface area contributed by atoms with Gasteiger partial charge in [-0.05, 0) is 35.9 Å². The van der Waals surface area contributed by atoms with Crippen LogP contribution in [0, 0.1) is 5.82 Å². The van der Waals surface area contributed by atoms with Crippen LogP contribution in [0.25, 0.3) is 0 Å². The molecule has 0 aliphatic carbocycles. The Labute approximate surface area is 139 Å². The molecule has 1 heterocycles. The van der Waals surface area contributed by atoms with E-state index in [1.54, 1.807) is 24.5 Å². The van der Waals surface area contributed by atoms with Crippen LogP contribution in [0.3, 0.4) is 0 Å². The molecule has 5 heteroatoms. The predicted molar refractivity (Wildman–Crippen MR) is 90.0 cm³/mol. The zero-order valence-electron chi connectivity index (χ0n) is 12.9. The van der Waals surface area contributed by atoms with Crippen LogP contribution in [0.5, 0.6) is 0 Å². The van der Waals surface area contributed by atoms with Crippen molar-refractivity contribution in [2.45, 2.75) is 6.04 Å². The smallest absolute Gasteiger partial charge is 0.238 e. The number of halogens is 1. The van der Waals surface area contributed by atoms with E-state index in [9.17, 15) is 9.18 Å². The van der Waals surface area contributed by atoms with E-state index >= 15 is 0 Å². The summed E-state index contributed by atoms with van der Waals surface area (Å²) in [5, 5.41) is 5.84. The van der Waals surface area contributed by atoms with E-state index in [-0.39, 0.29) is 18.5 Å². The van der Waals surface area contributed by atoms with E-state index in [0.717, 1.165) is 11.3 Å². The minimum Gasteiger partial charge on any atom is -0.467 e. The number of rotatable bonds is 6. The fraction of sp³-hybridized carbons (Fsp3) is 0.105. The molecule has 0 aliphatic rings. The lowest BCUT2D eigenvalue weighted by Crippen LogP contribution is -2.31. The average molecular weight is 324 g/mol. The number of hydrogen-bond acceptors (Lipinski definition) is 3. The molecule has 0 saturated heterocycles. The summed E-state index contributed by atoms with van der Waals surface area (Å²) in [5.74, 6) is 0.0753. The Morgan fingerprint density at radius 3 is 2.58 bits per heavy atom. The quantitative estimate of drug-likeness (QED) is 0.726. The highest BCUT2D eigenvalue weighted by Gasteiger charge is 2.17. The SMILES string of the molecule is O=C(CN[C@H](c1ccccc1)c1ccco1)Nc1cccc(F)c1. The van der Waals surface area contributed by atoms with Crippen molar-refractivity contribution in [2.75, 3.05) is 11.9 Å². The summed E-state index contributed by atoms with van der Waals surface area (Å²) in [5.41, 5.74) is 1.42. The van der Waals surface area contributed by atoms with Crippen LogP contribution in [0.2, 0.25) is 0 Å². The summed E-state index contributed by atoms with van der Waals surface area (Å²) in [6.07, 6.45) is 1.60. The van der Waals surface area contributed by atoms with Gasteiger partial charge in [-0.25, -0.2) is 4.39 Å². The molecular weight excluding hydrogens is 307 g/mol. The maximum absolute atomic E-state index is 13.2. The second kappa shape index (κ2) is 7.57. The first-order valence-electron chi connectivity index (χ1n) is 7.59. The van der Waals surface area contributed by atoms with Crippen molar-refractivity contribution in [3.63, 3.8) is 0 Å². The summed E-state index contributed by atoms with van der Waals surface area (Å²) in [6, 6.07) is 18.9. The summed E-state index contributed by atoms with van der Waals surface area (Å²) >= 11 is 0. The number of nitrogens with one attached hydrogen (secondary N) is 2. The second-order valence-electron chi connectivity index (χ2n) is 5.30. The Morgan fingerprint density at radius 1 is 1.04 bits per heavy atom. The molecule has 3 aromatic rings. The number of hydrogen-bond donors (Lipinski definition) is 2. The monoisotopic (exact) mass is 324 g/mol. The van der Waals surface area contributed by atoms with Crippen molar-refractivity contribution in [1.82, 2.24) is 5.32 Å². The molecule has 0 spiro atoms. The van der Waals surface area contributed by atoms with E-state index in [4.69, 9.17) is 4.42 Å². The molecule has 0 unspecified atom stereocenters. The standard InChI is InChI=1S/C19H17FN2O2/c20-15-8-4-9-16(12-15)22-18(23)13-21-19(17-10-5-11-24-17)14-6-2-1-3-7-14/h1-12,19,21H,13H2,(H,22,23)/t19-/m1/s1. The fourth-order valence-corrected chi connectivity index (χ4v) is 2.45. The molecule has 2 aromatic carbocycles. The van der Waals surface area contributed by atoms with Gasteiger partial charge in [-0.3, -0.25) is 10.1 Å². The molecule has 0 fully saturated rings. The topological polar surface area (TPSA) is 54.3 Å². The van der Waals surface area contributed by atoms with E-state index in [1.165, 1.54) is 12.1 Å². The lowest BCUT2D eigenvalue weighted by atomic mass is 10.0. The Morgan fingerprint density at radius 2 is 1.88 bits per heavy atom. The van der Waals surface area contributed by atoms with Gasteiger partial charge in [0.2, 0.25) is 5.91 Å². The van der Waals surface area contributed by atoms with Gasteiger partial charge in [-0.2, -0.15) is 0 Å². The molecule has 1 aromatic heterocycles. The lowest BCUT2D eigenvalue weighted by Gasteiger charge is -2.17. The van der Waals surface area contributed by atoms with Crippen molar-refractivity contribution in [3.8, 4) is 0 Å². The van der Waals surface area contributed by atoms with Gasteiger partial charge in [0.1, 0.15) is 11.6 Å². The third-order valence-electron chi connectivity index (χ3n) is 3.54. The first-order valence-corrected chi connectivity index (χ1v) is 7.59. The van der Waals surface area contributed by atoms with Crippen molar-refractivity contribution < 1.29 is 13.6 Å². The molecule has 0 bridgehead atoms. The van der Waals surface area contributed by atoms with Gasteiger partial charge >= 0.3 is 0 Å². The second-order valence-corrected chi connectivity index (χ2v) is 5.30. The van der Waals surface area contributed by atoms with Gasteiger partial charge in [-0.15, -0.1) is 0 Å². The van der Waals surface area contributed by atoms with Gasteiger partial charge in [0.05, 0.1) is 18.8 Å². The third kappa shape index (κ3) is 4.08. The summed E-state index contributed by atoms with van der Waals surface area (Å²) in [6.45, 7) is 0.0662. The number of carbonyl (C=O) groups excluding carboxylic acids is 1. The van der Waals surface area contributed by atoms with E-state index in [2.05, 4.69) is 10.6 Å². The van der Waals surface area contributed by atoms with Crippen molar-refractivity contribution >= 4 is 11.6 Å². The van der Waals surface area contributed by atoms with Crippen molar-refractivity contribution in [2.24, 2.45) is 0 Å². The Hall–Kier alpha value is -2.92. The molecule has 0 saturated carbocycles. The van der Waals surface area contributed by atoms with Crippen LogP contribution in [-0.4, -0.2) is 12.5 Å². The summed E-state index contributed by atoms with van der Waals surface area (Å²) < 4.78 is 18.6. The van der Waals surface area contributed by atoms with Gasteiger partial charge in [-0.1, -0.05) is 36.4 Å². The van der Waals surface area contributed by atoms with Gasteiger partial charge in [0.25, 0.3) is 0 Å². The fourth-order valence-electron chi connectivity index (χ4n) is 2.45. The number of furan rings is 1. The molecule has 24 heavy (non-hydrogen) atoms. The Bertz CT molecular complexity index is 788. The van der Waals surface area contributed by atoms with Crippen LogP contribution in [0.4, 0.5) is 10.1 Å². The first kappa shape index (κ1) is 16.0. The minimum absolute atomic E-state index is 0.0662.